The van der Waals surface area contributed by atoms with Crippen LogP contribution in [0.2, 0.25) is 0 Å². The fourth-order valence-corrected chi connectivity index (χ4v) is 3.73. The standard InChI is InChI=1S/C12H18N4O2S2/c1-8(2)11-16-10(6-19-11)4-5-15-20(17,18)12-9(3)13-7-14-12/h6-8,15H,4-5H2,1-3H3,(H,13,14). The molecular weight excluding hydrogens is 296 g/mol. The quantitative estimate of drug-likeness (QED) is 0.851. The van der Waals surface area contributed by atoms with Gasteiger partial charge in [-0.3, -0.25) is 0 Å². The predicted octanol–water partition coefficient (Wildman–Crippen LogP) is 1.82. The van der Waals surface area contributed by atoms with Crippen LogP contribution < -0.4 is 4.72 Å². The van der Waals surface area contributed by atoms with Gasteiger partial charge in [0.1, 0.15) is 0 Å². The number of H-pyrrole nitrogens is 1. The number of nitrogens with zero attached hydrogens (tertiary/aromatic N) is 2. The molecule has 0 bridgehead atoms. The highest BCUT2D eigenvalue weighted by molar-refractivity contribution is 7.89. The summed E-state index contributed by atoms with van der Waals surface area (Å²) >= 11 is 1.61. The van der Waals surface area contributed by atoms with Crippen molar-refractivity contribution in [2.45, 2.75) is 38.1 Å². The van der Waals surface area contributed by atoms with Crippen LogP contribution in [0.4, 0.5) is 0 Å². The molecule has 0 saturated carbocycles. The fourth-order valence-electron chi connectivity index (χ4n) is 1.70. The van der Waals surface area contributed by atoms with E-state index in [0.29, 0.717) is 24.6 Å². The van der Waals surface area contributed by atoms with Crippen molar-refractivity contribution in [3.63, 3.8) is 0 Å². The lowest BCUT2D eigenvalue weighted by Gasteiger charge is -2.04. The molecule has 2 heterocycles. The van der Waals surface area contributed by atoms with Crippen LogP contribution in [0, 0.1) is 6.92 Å². The largest absolute Gasteiger partial charge is 0.348 e. The summed E-state index contributed by atoms with van der Waals surface area (Å²) in [5, 5.41) is 3.10. The summed E-state index contributed by atoms with van der Waals surface area (Å²) in [4.78, 5) is 11.1. The molecule has 0 unspecified atom stereocenters. The molecule has 0 saturated heterocycles. The van der Waals surface area contributed by atoms with Gasteiger partial charge < -0.3 is 4.98 Å². The van der Waals surface area contributed by atoms with E-state index in [1.807, 2.05) is 5.38 Å². The number of hydrogen-bond donors (Lipinski definition) is 2. The first-order chi connectivity index (χ1) is 9.40. The molecule has 2 rings (SSSR count). The fraction of sp³-hybridized carbons (Fsp3) is 0.500. The van der Waals surface area contributed by atoms with E-state index < -0.39 is 10.0 Å². The molecule has 0 aliphatic carbocycles. The van der Waals surface area contributed by atoms with Crippen molar-refractivity contribution in [3.8, 4) is 0 Å². The second-order valence-corrected chi connectivity index (χ2v) is 7.38. The van der Waals surface area contributed by atoms with Gasteiger partial charge in [0.25, 0.3) is 10.0 Å². The Morgan fingerprint density at radius 3 is 2.75 bits per heavy atom. The van der Waals surface area contributed by atoms with Crippen molar-refractivity contribution in [3.05, 3.63) is 28.1 Å². The molecule has 20 heavy (non-hydrogen) atoms. The second-order valence-electron chi connectivity index (χ2n) is 4.81. The zero-order chi connectivity index (χ0) is 14.8. The SMILES string of the molecule is Cc1[nH]cnc1S(=O)(=O)NCCc1csc(C(C)C)n1. The predicted molar refractivity (Wildman–Crippen MR) is 78.4 cm³/mol. The van der Waals surface area contributed by atoms with Crippen molar-refractivity contribution in [1.29, 1.82) is 0 Å². The van der Waals surface area contributed by atoms with E-state index in [0.717, 1.165) is 10.7 Å². The highest BCUT2D eigenvalue weighted by atomic mass is 32.2. The molecule has 6 nitrogen and oxygen atoms in total. The Kier molecular flexibility index (Phi) is 4.56. The number of thiazole rings is 1. The zero-order valence-electron chi connectivity index (χ0n) is 11.7. The van der Waals surface area contributed by atoms with Crippen molar-refractivity contribution < 1.29 is 8.42 Å². The number of imidazole rings is 1. The van der Waals surface area contributed by atoms with Gasteiger partial charge in [0.05, 0.1) is 22.7 Å². The van der Waals surface area contributed by atoms with Gasteiger partial charge in [-0.1, -0.05) is 13.8 Å². The molecule has 2 aromatic rings. The van der Waals surface area contributed by atoms with Crippen molar-refractivity contribution in [2.75, 3.05) is 6.54 Å². The average Bonchev–Trinajstić information content (AvgIpc) is 2.97. The third-order valence-electron chi connectivity index (χ3n) is 2.77. The maximum atomic E-state index is 12.0. The summed E-state index contributed by atoms with van der Waals surface area (Å²) in [5.41, 5.74) is 1.45. The first-order valence-corrected chi connectivity index (χ1v) is 8.70. The third-order valence-corrected chi connectivity index (χ3v) is 5.47. The van der Waals surface area contributed by atoms with E-state index in [1.54, 1.807) is 18.3 Å². The summed E-state index contributed by atoms with van der Waals surface area (Å²) in [7, 11) is -3.54. The molecule has 2 aromatic heterocycles. The number of hydrogen-bond acceptors (Lipinski definition) is 5. The van der Waals surface area contributed by atoms with E-state index in [4.69, 9.17) is 0 Å². The molecule has 0 atom stereocenters. The minimum atomic E-state index is -3.54. The summed E-state index contributed by atoms with van der Waals surface area (Å²) < 4.78 is 26.6. The van der Waals surface area contributed by atoms with E-state index in [1.165, 1.54) is 6.33 Å². The van der Waals surface area contributed by atoms with Crippen LogP contribution in [0.25, 0.3) is 0 Å². The first-order valence-electron chi connectivity index (χ1n) is 6.34. The summed E-state index contributed by atoms with van der Waals surface area (Å²) in [6, 6.07) is 0. The van der Waals surface area contributed by atoms with Crippen LogP contribution >= 0.6 is 11.3 Å². The van der Waals surface area contributed by atoms with Gasteiger partial charge in [-0.15, -0.1) is 11.3 Å². The highest BCUT2D eigenvalue weighted by Gasteiger charge is 2.18. The third kappa shape index (κ3) is 3.44. The van der Waals surface area contributed by atoms with E-state index >= 15 is 0 Å². The van der Waals surface area contributed by atoms with Crippen LogP contribution in [-0.4, -0.2) is 29.9 Å². The van der Waals surface area contributed by atoms with Crippen LogP contribution in [0.3, 0.4) is 0 Å². The topological polar surface area (TPSA) is 87.7 Å². The Morgan fingerprint density at radius 2 is 2.20 bits per heavy atom. The summed E-state index contributed by atoms with van der Waals surface area (Å²) in [5.74, 6) is 0.400. The van der Waals surface area contributed by atoms with Gasteiger partial charge in [0, 0.05) is 24.3 Å². The lowest BCUT2D eigenvalue weighted by molar-refractivity contribution is 0.577. The van der Waals surface area contributed by atoms with Crippen LogP contribution in [0.15, 0.2) is 16.7 Å². The number of nitrogens with one attached hydrogen (secondary N) is 2. The maximum absolute atomic E-state index is 12.0. The Hall–Kier alpha value is -1.25. The Balaban J connectivity index is 1.94. The van der Waals surface area contributed by atoms with Gasteiger partial charge in [0.15, 0.2) is 5.03 Å². The highest BCUT2D eigenvalue weighted by Crippen LogP contribution is 2.19. The molecule has 0 aromatic carbocycles. The normalized spacial score (nSPS) is 12.2. The van der Waals surface area contributed by atoms with Gasteiger partial charge in [-0.25, -0.2) is 23.1 Å². The van der Waals surface area contributed by atoms with Crippen molar-refractivity contribution in [1.82, 2.24) is 19.7 Å². The molecule has 0 aliphatic rings. The smallest absolute Gasteiger partial charge is 0.259 e. The van der Waals surface area contributed by atoms with Crippen LogP contribution in [0.5, 0.6) is 0 Å². The Bertz CT molecular complexity index is 673. The van der Waals surface area contributed by atoms with Gasteiger partial charge in [0.2, 0.25) is 0 Å². The molecule has 0 fully saturated rings. The average molecular weight is 314 g/mol. The molecule has 0 aliphatic heterocycles. The second kappa shape index (κ2) is 6.02. The Morgan fingerprint density at radius 1 is 1.45 bits per heavy atom. The number of aromatic amines is 1. The minimum Gasteiger partial charge on any atom is -0.348 e. The van der Waals surface area contributed by atoms with Gasteiger partial charge in [-0.2, -0.15) is 0 Å². The molecular formula is C12H18N4O2S2. The molecule has 0 spiro atoms. The number of rotatable bonds is 6. The van der Waals surface area contributed by atoms with Crippen LogP contribution in [0.1, 0.15) is 36.2 Å². The number of sulfonamides is 1. The monoisotopic (exact) mass is 314 g/mol. The lowest BCUT2D eigenvalue weighted by Crippen LogP contribution is -2.27. The Labute approximate surface area is 122 Å². The number of aromatic nitrogens is 3. The maximum Gasteiger partial charge on any atom is 0.259 e. The van der Waals surface area contributed by atoms with Gasteiger partial charge >= 0.3 is 0 Å². The summed E-state index contributed by atoms with van der Waals surface area (Å²) in [6.45, 7) is 6.17. The molecule has 0 radical (unpaired) electrons. The minimum absolute atomic E-state index is 0.0543. The zero-order valence-corrected chi connectivity index (χ0v) is 13.3. The lowest BCUT2D eigenvalue weighted by atomic mass is 10.2. The first kappa shape index (κ1) is 15.1. The van der Waals surface area contributed by atoms with Crippen molar-refractivity contribution in [2.24, 2.45) is 0 Å². The van der Waals surface area contributed by atoms with Gasteiger partial charge in [-0.05, 0) is 6.92 Å². The van der Waals surface area contributed by atoms with E-state index in [9.17, 15) is 8.42 Å². The van der Waals surface area contributed by atoms with E-state index in [2.05, 4.69) is 33.5 Å². The van der Waals surface area contributed by atoms with Crippen LogP contribution in [-0.2, 0) is 16.4 Å². The molecule has 2 N–H and O–H groups in total. The number of aryl methyl sites for hydroxylation is 1. The molecule has 110 valence electrons. The molecule has 8 heteroatoms. The van der Waals surface area contributed by atoms with E-state index in [-0.39, 0.29) is 5.03 Å². The molecule has 0 amide bonds. The summed E-state index contributed by atoms with van der Waals surface area (Å²) in [6.07, 6.45) is 1.95. The van der Waals surface area contributed by atoms with Crippen molar-refractivity contribution >= 4 is 21.4 Å².